The van der Waals surface area contributed by atoms with E-state index in [1.807, 2.05) is 24.3 Å². The lowest BCUT2D eigenvalue weighted by molar-refractivity contribution is -0.154. The van der Waals surface area contributed by atoms with Crippen molar-refractivity contribution in [1.29, 1.82) is 0 Å². The first-order valence-electron chi connectivity index (χ1n) is 7.66. The normalized spacial score (nSPS) is 16.1. The number of thiazole rings is 1. The van der Waals surface area contributed by atoms with Crippen molar-refractivity contribution in [3.63, 3.8) is 0 Å². The molecule has 1 saturated heterocycles. The molecule has 3 rings (SSSR count). The number of esters is 1. The number of carbonyl (C=O) groups is 2. The van der Waals surface area contributed by atoms with Crippen molar-refractivity contribution in [2.75, 3.05) is 13.1 Å². The van der Waals surface area contributed by atoms with E-state index in [1.165, 1.54) is 17.4 Å². The molecule has 0 radical (unpaired) electrons. The number of hydrogen-bond donors (Lipinski definition) is 0. The van der Waals surface area contributed by atoms with Gasteiger partial charge in [-0.25, -0.2) is 9.78 Å². The molecule has 1 fully saturated rings. The maximum Gasteiger partial charge on any atom is 0.331 e. The molecular formula is C17H18N2O3S. The summed E-state index contributed by atoms with van der Waals surface area (Å²) >= 11 is 1.50. The van der Waals surface area contributed by atoms with E-state index in [4.69, 9.17) is 4.74 Å². The van der Waals surface area contributed by atoms with Crippen molar-refractivity contribution in [3.8, 4) is 0 Å². The summed E-state index contributed by atoms with van der Waals surface area (Å²) in [6.07, 6.45) is 4.24. The highest BCUT2D eigenvalue weighted by molar-refractivity contribution is 7.19. The number of para-hydroxylation sites is 1. The van der Waals surface area contributed by atoms with Gasteiger partial charge in [-0.2, -0.15) is 0 Å². The molecular weight excluding hydrogens is 312 g/mol. The summed E-state index contributed by atoms with van der Waals surface area (Å²) in [6, 6.07) is 7.79. The third-order valence-corrected chi connectivity index (χ3v) is 4.73. The molecule has 1 aromatic heterocycles. The summed E-state index contributed by atoms with van der Waals surface area (Å²) in [5.41, 5.74) is 0.906. The number of ether oxygens (including phenoxy) is 1. The van der Waals surface area contributed by atoms with Gasteiger partial charge in [-0.15, -0.1) is 11.3 Å². The number of likely N-dealkylation sites (tertiary alicyclic amines) is 1. The second-order valence-corrected chi connectivity index (χ2v) is 6.53. The largest absolute Gasteiger partial charge is 0.449 e. The lowest BCUT2D eigenvalue weighted by atomic mass is 10.3. The van der Waals surface area contributed by atoms with Gasteiger partial charge in [-0.05, 0) is 38.0 Å². The summed E-state index contributed by atoms with van der Waals surface area (Å²) in [5, 5.41) is 0.738. The second kappa shape index (κ2) is 6.91. The average molecular weight is 330 g/mol. The summed E-state index contributed by atoms with van der Waals surface area (Å²) in [6.45, 7) is 3.12. The van der Waals surface area contributed by atoms with Gasteiger partial charge >= 0.3 is 5.97 Å². The van der Waals surface area contributed by atoms with E-state index in [0.717, 1.165) is 41.2 Å². The van der Waals surface area contributed by atoms with Crippen LogP contribution in [0.2, 0.25) is 0 Å². The molecule has 1 aliphatic rings. The van der Waals surface area contributed by atoms with E-state index in [2.05, 4.69) is 4.98 Å². The third-order valence-electron chi connectivity index (χ3n) is 3.73. The molecule has 0 saturated carbocycles. The summed E-state index contributed by atoms with van der Waals surface area (Å²) in [5.74, 6) is -0.645. The summed E-state index contributed by atoms with van der Waals surface area (Å²) < 4.78 is 6.25. The maximum absolute atomic E-state index is 12.1. The Hall–Kier alpha value is -2.21. The van der Waals surface area contributed by atoms with Crippen LogP contribution in [0.15, 0.2) is 30.3 Å². The van der Waals surface area contributed by atoms with Gasteiger partial charge in [-0.3, -0.25) is 4.79 Å². The predicted octanol–water partition coefficient (Wildman–Crippen LogP) is 2.86. The topological polar surface area (TPSA) is 59.5 Å². The Morgan fingerprint density at radius 3 is 2.78 bits per heavy atom. The van der Waals surface area contributed by atoms with E-state index in [-0.39, 0.29) is 5.91 Å². The minimum atomic E-state index is -0.749. The molecule has 0 N–H and O–H groups in total. The minimum Gasteiger partial charge on any atom is -0.449 e. The Bertz CT molecular complexity index is 714. The standard InChI is InChI=1S/C17H18N2O3S/c1-12(17(21)19-10-4-5-11-19)22-16(20)9-8-15-18-13-6-2-3-7-14(13)23-15/h2-3,6-9,12H,4-5,10-11H2,1H3/b9-8+/t12-/m0/s1. The van der Waals surface area contributed by atoms with Crippen LogP contribution in [0.1, 0.15) is 24.8 Å². The van der Waals surface area contributed by atoms with E-state index < -0.39 is 12.1 Å². The molecule has 1 aromatic carbocycles. The van der Waals surface area contributed by atoms with Crippen LogP contribution in [0, 0.1) is 0 Å². The van der Waals surface area contributed by atoms with Gasteiger partial charge in [-0.1, -0.05) is 12.1 Å². The smallest absolute Gasteiger partial charge is 0.331 e. The van der Waals surface area contributed by atoms with Gasteiger partial charge in [0.25, 0.3) is 5.91 Å². The van der Waals surface area contributed by atoms with Crippen LogP contribution in [-0.4, -0.2) is 41.0 Å². The van der Waals surface area contributed by atoms with Crippen LogP contribution in [0.5, 0.6) is 0 Å². The Balaban J connectivity index is 1.58. The molecule has 2 aromatic rings. The number of carbonyl (C=O) groups excluding carboxylic acids is 2. The summed E-state index contributed by atoms with van der Waals surface area (Å²) in [7, 11) is 0. The Morgan fingerprint density at radius 1 is 1.30 bits per heavy atom. The minimum absolute atomic E-state index is 0.121. The molecule has 120 valence electrons. The molecule has 23 heavy (non-hydrogen) atoms. The van der Waals surface area contributed by atoms with Gasteiger partial charge < -0.3 is 9.64 Å². The van der Waals surface area contributed by atoms with Gasteiger partial charge in [0, 0.05) is 19.2 Å². The van der Waals surface area contributed by atoms with Crippen LogP contribution in [0.3, 0.4) is 0 Å². The lowest BCUT2D eigenvalue weighted by Gasteiger charge is -2.19. The fourth-order valence-corrected chi connectivity index (χ4v) is 3.43. The molecule has 1 aliphatic heterocycles. The molecule has 1 amide bonds. The van der Waals surface area contributed by atoms with Gasteiger partial charge in [0.05, 0.1) is 10.2 Å². The van der Waals surface area contributed by atoms with Crippen molar-refractivity contribution < 1.29 is 14.3 Å². The number of fused-ring (bicyclic) bond motifs is 1. The van der Waals surface area contributed by atoms with Gasteiger partial charge in [0.1, 0.15) is 5.01 Å². The van der Waals surface area contributed by atoms with Crippen LogP contribution >= 0.6 is 11.3 Å². The van der Waals surface area contributed by atoms with Crippen LogP contribution in [-0.2, 0) is 14.3 Å². The monoisotopic (exact) mass is 330 g/mol. The maximum atomic E-state index is 12.1. The van der Waals surface area contributed by atoms with E-state index in [0.29, 0.717) is 0 Å². The molecule has 0 spiro atoms. The number of nitrogens with zero attached hydrogens (tertiary/aromatic N) is 2. The number of benzene rings is 1. The fourth-order valence-electron chi connectivity index (χ4n) is 2.56. The van der Waals surface area contributed by atoms with Crippen LogP contribution in [0.25, 0.3) is 16.3 Å². The molecule has 0 aliphatic carbocycles. The van der Waals surface area contributed by atoms with Crippen LogP contribution in [0.4, 0.5) is 0 Å². The number of aromatic nitrogens is 1. The zero-order valence-corrected chi connectivity index (χ0v) is 13.7. The van der Waals surface area contributed by atoms with Crippen LogP contribution < -0.4 is 0 Å². The average Bonchev–Trinajstić information content (AvgIpc) is 3.21. The Morgan fingerprint density at radius 2 is 2.04 bits per heavy atom. The molecule has 0 bridgehead atoms. The number of amides is 1. The molecule has 6 heteroatoms. The first-order chi connectivity index (χ1) is 11.1. The quantitative estimate of drug-likeness (QED) is 0.639. The van der Waals surface area contributed by atoms with Gasteiger partial charge in [0.2, 0.25) is 0 Å². The van der Waals surface area contributed by atoms with Crippen molar-refractivity contribution in [1.82, 2.24) is 9.88 Å². The second-order valence-electron chi connectivity index (χ2n) is 5.46. The highest BCUT2D eigenvalue weighted by Crippen LogP contribution is 2.22. The highest BCUT2D eigenvalue weighted by atomic mass is 32.1. The Labute approximate surface area is 138 Å². The fraction of sp³-hybridized carbons (Fsp3) is 0.353. The van der Waals surface area contributed by atoms with Crippen molar-refractivity contribution in [2.24, 2.45) is 0 Å². The zero-order valence-electron chi connectivity index (χ0n) is 12.9. The zero-order chi connectivity index (χ0) is 16.2. The first kappa shape index (κ1) is 15.7. The van der Waals surface area contributed by atoms with E-state index >= 15 is 0 Å². The number of hydrogen-bond acceptors (Lipinski definition) is 5. The molecule has 2 heterocycles. The summed E-state index contributed by atoms with van der Waals surface area (Å²) in [4.78, 5) is 30.1. The van der Waals surface area contributed by atoms with Gasteiger partial charge in [0.15, 0.2) is 6.10 Å². The van der Waals surface area contributed by atoms with Crippen molar-refractivity contribution in [2.45, 2.75) is 25.9 Å². The van der Waals surface area contributed by atoms with E-state index in [9.17, 15) is 9.59 Å². The lowest BCUT2D eigenvalue weighted by Crippen LogP contribution is -2.37. The van der Waals surface area contributed by atoms with Crippen molar-refractivity contribution in [3.05, 3.63) is 35.3 Å². The first-order valence-corrected chi connectivity index (χ1v) is 8.48. The van der Waals surface area contributed by atoms with Crippen molar-refractivity contribution >= 4 is 39.5 Å². The van der Waals surface area contributed by atoms with E-state index in [1.54, 1.807) is 17.9 Å². The Kier molecular flexibility index (Phi) is 4.71. The molecule has 5 nitrogen and oxygen atoms in total. The number of rotatable bonds is 4. The SMILES string of the molecule is C[C@H](OC(=O)/C=C/c1nc2ccccc2s1)C(=O)N1CCCC1. The third kappa shape index (κ3) is 3.76. The molecule has 1 atom stereocenters. The molecule has 0 unspecified atom stereocenters. The highest BCUT2D eigenvalue weighted by Gasteiger charge is 2.25. The predicted molar refractivity (Wildman–Crippen MR) is 90.0 cm³/mol.